The number of hydrogen-bond donors (Lipinski definition) is 0. The maximum Gasteiger partial charge on any atom is 0.514 e. The molecule has 0 saturated heterocycles. The minimum absolute atomic E-state index is 0.0602. The van der Waals surface area contributed by atoms with Crippen LogP contribution < -0.4 is 10.2 Å². The number of rotatable bonds is 2. The quantitative estimate of drug-likeness (QED) is 0.694. The predicted molar refractivity (Wildman–Crippen MR) is 44.5 cm³/mol. The van der Waals surface area contributed by atoms with Crippen LogP contribution in [0.2, 0.25) is 5.02 Å². The van der Waals surface area contributed by atoms with Gasteiger partial charge in [0.2, 0.25) is 0 Å². The van der Waals surface area contributed by atoms with Gasteiger partial charge < -0.3 is 17.7 Å². The fourth-order valence-electron chi connectivity index (χ4n) is 0.847. The van der Waals surface area contributed by atoms with Gasteiger partial charge in [0.15, 0.2) is 5.88 Å². The Morgan fingerprint density at radius 1 is 1.46 bits per heavy atom. The summed E-state index contributed by atoms with van der Waals surface area (Å²) in [7, 11) is 1.13. The largest absolute Gasteiger partial charge is 0.514 e. The zero-order valence-electron chi connectivity index (χ0n) is 6.60. The summed E-state index contributed by atoms with van der Waals surface area (Å²) in [5.74, 6) is -0.447. The lowest BCUT2D eigenvalue weighted by molar-refractivity contribution is 0.396. The third-order valence-corrected chi connectivity index (χ3v) is 1.60. The zero-order valence-corrected chi connectivity index (χ0v) is 7.36. The van der Waals surface area contributed by atoms with Crippen LogP contribution in [0.3, 0.4) is 0 Å². The van der Waals surface area contributed by atoms with E-state index < -0.39 is 18.3 Å². The molecule has 13 heavy (non-hydrogen) atoms. The Labute approximate surface area is 77.7 Å². The van der Waals surface area contributed by atoms with Gasteiger partial charge in [0.25, 0.3) is 0 Å². The summed E-state index contributed by atoms with van der Waals surface area (Å²) in [5.41, 5.74) is -0.907. The molecule has 0 saturated carbocycles. The number of pyridine rings is 1. The van der Waals surface area contributed by atoms with Crippen LogP contribution >= 0.6 is 11.6 Å². The van der Waals surface area contributed by atoms with Crippen molar-refractivity contribution < 1.29 is 17.7 Å². The molecular formula is C6H5BClF3NO-. The van der Waals surface area contributed by atoms with Crippen LogP contribution in [0.1, 0.15) is 0 Å². The maximum atomic E-state index is 12.3. The van der Waals surface area contributed by atoms with Crippen LogP contribution in [0.4, 0.5) is 12.9 Å². The van der Waals surface area contributed by atoms with E-state index in [0.717, 1.165) is 19.4 Å². The van der Waals surface area contributed by atoms with E-state index in [4.69, 9.17) is 11.6 Å². The molecule has 72 valence electrons. The first kappa shape index (κ1) is 10.2. The molecule has 0 atom stereocenters. The second-order valence-electron chi connectivity index (χ2n) is 2.33. The van der Waals surface area contributed by atoms with Crippen LogP contribution in [0.15, 0.2) is 12.3 Å². The third kappa shape index (κ3) is 2.27. The Morgan fingerprint density at radius 2 is 2.08 bits per heavy atom. The van der Waals surface area contributed by atoms with Crippen molar-refractivity contribution in [2.45, 2.75) is 0 Å². The molecule has 0 aromatic carbocycles. The van der Waals surface area contributed by atoms with E-state index in [1.807, 2.05) is 0 Å². The van der Waals surface area contributed by atoms with Gasteiger partial charge in [0.05, 0.1) is 12.1 Å². The molecule has 0 amide bonds. The highest BCUT2D eigenvalue weighted by atomic mass is 35.5. The molecule has 0 N–H and O–H groups in total. The van der Waals surface area contributed by atoms with Gasteiger partial charge >= 0.3 is 6.98 Å². The summed E-state index contributed by atoms with van der Waals surface area (Å²) in [6.07, 6.45) is 1.10. The lowest BCUT2D eigenvalue weighted by Crippen LogP contribution is -2.35. The Balaban J connectivity index is 3.24. The Kier molecular flexibility index (Phi) is 2.70. The van der Waals surface area contributed by atoms with E-state index in [1.54, 1.807) is 0 Å². The summed E-state index contributed by atoms with van der Waals surface area (Å²) < 4.78 is 41.4. The van der Waals surface area contributed by atoms with E-state index in [2.05, 4.69) is 9.72 Å². The Hall–Kier alpha value is -0.905. The minimum Gasteiger partial charge on any atom is -0.483 e. The molecule has 2 nitrogen and oxygen atoms in total. The van der Waals surface area contributed by atoms with E-state index in [-0.39, 0.29) is 5.02 Å². The fourth-order valence-corrected chi connectivity index (χ4v) is 1.01. The van der Waals surface area contributed by atoms with Crippen LogP contribution in [0.25, 0.3) is 0 Å². The summed E-state index contributed by atoms with van der Waals surface area (Å²) in [6.45, 7) is -5.13. The van der Waals surface area contributed by atoms with Crippen molar-refractivity contribution in [2.24, 2.45) is 0 Å². The molecule has 1 aromatic heterocycles. The second-order valence-corrected chi connectivity index (χ2v) is 2.76. The van der Waals surface area contributed by atoms with Crippen molar-refractivity contribution in [1.29, 1.82) is 0 Å². The smallest absolute Gasteiger partial charge is 0.483 e. The average Bonchev–Trinajstić information content (AvgIpc) is 2.03. The second kappa shape index (κ2) is 3.45. The molecular weight excluding hydrogens is 205 g/mol. The molecule has 7 heteroatoms. The lowest BCUT2D eigenvalue weighted by Gasteiger charge is -2.17. The number of hydrogen-bond acceptors (Lipinski definition) is 2. The molecule has 0 spiro atoms. The van der Waals surface area contributed by atoms with Gasteiger partial charge in [-0.05, 0) is 5.46 Å². The van der Waals surface area contributed by atoms with Crippen molar-refractivity contribution >= 4 is 24.0 Å². The summed E-state index contributed by atoms with van der Waals surface area (Å²) in [4.78, 5) is 3.40. The van der Waals surface area contributed by atoms with Crippen molar-refractivity contribution in [1.82, 2.24) is 4.98 Å². The molecule has 1 heterocycles. The summed E-state index contributed by atoms with van der Waals surface area (Å²) in [6, 6.07) is 0.799. The number of halogens is 4. The van der Waals surface area contributed by atoms with Crippen molar-refractivity contribution in [3.05, 3.63) is 17.3 Å². The van der Waals surface area contributed by atoms with Crippen molar-refractivity contribution in [3.8, 4) is 5.88 Å². The number of methoxy groups -OCH3 is 1. The van der Waals surface area contributed by atoms with Crippen LogP contribution in [0.5, 0.6) is 5.88 Å². The van der Waals surface area contributed by atoms with Crippen LogP contribution in [0, 0.1) is 0 Å². The monoisotopic (exact) mass is 210 g/mol. The van der Waals surface area contributed by atoms with Crippen molar-refractivity contribution in [3.63, 3.8) is 0 Å². The molecule has 0 fully saturated rings. The molecule has 0 aliphatic heterocycles. The molecule has 0 aliphatic rings. The van der Waals surface area contributed by atoms with E-state index >= 15 is 0 Å². The van der Waals surface area contributed by atoms with Gasteiger partial charge in [-0.15, -0.1) is 0 Å². The first-order valence-electron chi connectivity index (χ1n) is 3.34. The third-order valence-electron chi connectivity index (χ3n) is 1.39. The SMILES string of the molecule is COc1ncc(Cl)cc1[B-](F)(F)F. The molecule has 0 radical (unpaired) electrons. The van der Waals surface area contributed by atoms with Gasteiger partial charge in [-0.1, -0.05) is 17.7 Å². The highest BCUT2D eigenvalue weighted by Crippen LogP contribution is 2.18. The van der Waals surface area contributed by atoms with Gasteiger partial charge in [0.1, 0.15) is 0 Å². The predicted octanol–water partition coefficient (Wildman–Crippen LogP) is 1.80. The number of aromatic nitrogens is 1. The number of ether oxygens (including phenoxy) is 1. The molecule has 0 unspecified atom stereocenters. The average molecular weight is 210 g/mol. The standard InChI is InChI=1S/C6H5BClF3NO/c1-13-6-5(7(9,10)11)2-4(8)3-12-6/h2-3H,1H3/q-1. The molecule has 0 aliphatic carbocycles. The highest BCUT2D eigenvalue weighted by molar-refractivity contribution is 6.74. The van der Waals surface area contributed by atoms with E-state index in [9.17, 15) is 12.9 Å². The fraction of sp³-hybridized carbons (Fsp3) is 0.167. The van der Waals surface area contributed by atoms with Gasteiger partial charge in [-0.2, -0.15) is 0 Å². The Morgan fingerprint density at radius 3 is 2.54 bits per heavy atom. The summed E-state index contributed by atoms with van der Waals surface area (Å²) >= 11 is 5.37. The lowest BCUT2D eigenvalue weighted by atomic mass is 9.81. The highest BCUT2D eigenvalue weighted by Gasteiger charge is 2.30. The number of nitrogens with zero attached hydrogens (tertiary/aromatic N) is 1. The first-order chi connectivity index (χ1) is 5.95. The molecule has 0 bridgehead atoms. The maximum absolute atomic E-state index is 12.3. The molecule has 1 aromatic rings. The topological polar surface area (TPSA) is 22.1 Å². The van der Waals surface area contributed by atoms with E-state index in [1.165, 1.54) is 0 Å². The zero-order chi connectivity index (χ0) is 10.1. The van der Waals surface area contributed by atoms with Gasteiger partial charge in [0, 0.05) is 6.20 Å². The van der Waals surface area contributed by atoms with E-state index in [0.29, 0.717) is 0 Å². The summed E-state index contributed by atoms with van der Waals surface area (Å²) in [5, 5.41) is -0.0602. The van der Waals surface area contributed by atoms with Gasteiger partial charge in [-0.3, -0.25) is 0 Å². The van der Waals surface area contributed by atoms with Crippen molar-refractivity contribution in [2.75, 3.05) is 7.11 Å². The molecule has 1 rings (SSSR count). The van der Waals surface area contributed by atoms with Gasteiger partial charge in [-0.25, -0.2) is 4.98 Å². The Bertz CT molecular complexity index is 317. The van der Waals surface area contributed by atoms with Crippen LogP contribution in [-0.4, -0.2) is 19.1 Å². The normalized spacial score (nSPS) is 11.5. The first-order valence-corrected chi connectivity index (χ1v) is 3.72. The minimum atomic E-state index is -5.13. The van der Waals surface area contributed by atoms with Crippen LogP contribution in [-0.2, 0) is 0 Å².